The molecule has 5 atom stereocenters. The molecule has 180 valence electrons. The summed E-state index contributed by atoms with van der Waals surface area (Å²) in [7, 11) is 0. The van der Waals surface area contributed by atoms with Crippen LogP contribution in [0.5, 0.6) is 0 Å². The first-order valence-electron chi connectivity index (χ1n) is 12.9. The molecule has 2 aromatic rings. The van der Waals surface area contributed by atoms with Crippen LogP contribution in [0.1, 0.15) is 56.8 Å². The smallest absolute Gasteiger partial charge is 0.224 e. The highest BCUT2D eigenvalue weighted by Gasteiger charge is 2.47. The third-order valence-corrected chi connectivity index (χ3v) is 8.05. The number of anilines is 3. The molecule has 6 rings (SSSR count). The lowest BCUT2D eigenvalue weighted by molar-refractivity contribution is -0.117. The molecule has 4 aliphatic rings. The number of rotatable bonds is 5. The van der Waals surface area contributed by atoms with Gasteiger partial charge < -0.3 is 25.8 Å². The number of fused-ring (bicyclic) bond motifs is 1. The molecule has 1 aromatic carbocycles. The SMILES string of the molecule is CC(=O)N1c2ccc(N3CCN[C@@H](C)C3)cc2C(Nc2ccc(C3CN3)cn2)[C@@H](C)[C@@H]1C1CC1. The lowest BCUT2D eigenvalue weighted by Gasteiger charge is -2.46. The van der Waals surface area contributed by atoms with Crippen LogP contribution in [-0.2, 0) is 4.79 Å². The summed E-state index contributed by atoms with van der Waals surface area (Å²) in [6, 6.07) is 12.3. The predicted octanol–water partition coefficient (Wildman–Crippen LogP) is 3.46. The molecule has 1 saturated carbocycles. The van der Waals surface area contributed by atoms with Gasteiger partial charge in [-0.25, -0.2) is 4.98 Å². The molecular formula is C27H36N6O. The molecule has 34 heavy (non-hydrogen) atoms. The molecular weight excluding hydrogens is 424 g/mol. The number of piperazine rings is 1. The van der Waals surface area contributed by atoms with Crippen molar-refractivity contribution in [1.29, 1.82) is 0 Å². The molecule has 7 nitrogen and oxygen atoms in total. The molecule has 2 unspecified atom stereocenters. The highest BCUT2D eigenvalue weighted by Crippen LogP contribution is 2.50. The fourth-order valence-corrected chi connectivity index (χ4v) is 6.07. The van der Waals surface area contributed by atoms with Gasteiger partial charge in [0.05, 0.1) is 6.04 Å². The monoisotopic (exact) mass is 460 g/mol. The van der Waals surface area contributed by atoms with Gasteiger partial charge in [0.2, 0.25) is 5.91 Å². The fraction of sp³-hybridized carbons (Fsp3) is 0.556. The highest BCUT2D eigenvalue weighted by atomic mass is 16.2. The topological polar surface area (TPSA) is 82.4 Å². The Morgan fingerprint density at radius 3 is 2.62 bits per heavy atom. The third-order valence-electron chi connectivity index (χ3n) is 8.05. The molecule has 3 fully saturated rings. The van der Waals surface area contributed by atoms with Crippen LogP contribution in [0.15, 0.2) is 36.5 Å². The molecule has 3 aliphatic heterocycles. The second-order valence-corrected chi connectivity index (χ2v) is 10.7. The number of amides is 1. The van der Waals surface area contributed by atoms with E-state index < -0.39 is 0 Å². The first-order valence-corrected chi connectivity index (χ1v) is 12.9. The number of carbonyl (C=O) groups is 1. The van der Waals surface area contributed by atoms with Gasteiger partial charge in [-0.05, 0) is 55.5 Å². The minimum absolute atomic E-state index is 0.105. The maximum Gasteiger partial charge on any atom is 0.224 e. The lowest BCUT2D eigenvalue weighted by atomic mass is 9.79. The van der Waals surface area contributed by atoms with Gasteiger partial charge in [0.1, 0.15) is 5.82 Å². The van der Waals surface area contributed by atoms with Crippen LogP contribution in [0, 0.1) is 11.8 Å². The van der Waals surface area contributed by atoms with Crippen molar-refractivity contribution >= 4 is 23.1 Å². The largest absolute Gasteiger partial charge is 0.369 e. The zero-order chi connectivity index (χ0) is 23.4. The van der Waals surface area contributed by atoms with Crippen molar-refractivity contribution in [1.82, 2.24) is 15.6 Å². The standard InChI is InChI=1S/C27H36N6O/c1-16-15-32(11-10-28-16)21-7-8-24-22(12-21)26(17(2)27(19-4-5-19)33(24)18(3)34)31-25-9-6-20(13-30-25)23-14-29-23/h6-9,12-13,16-17,19,23,26-29H,4-5,10-11,14-15H2,1-3H3,(H,30,31)/t16-,17+,23?,26?,27+/m0/s1. The van der Waals surface area contributed by atoms with Crippen molar-refractivity contribution in [3.05, 3.63) is 47.7 Å². The first-order chi connectivity index (χ1) is 16.5. The van der Waals surface area contributed by atoms with Gasteiger partial charge in [0.25, 0.3) is 0 Å². The molecule has 7 heteroatoms. The van der Waals surface area contributed by atoms with E-state index in [9.17, 15) is 4.79 Å². The zero-order valence-electron chi connectivity index (χ0n) is 20.4. The maximum atomic E-state index is 12.9. The van der Waals surface area contributed by atoms with E-state index in [4.69, 9.17) is 4.98 Å². The van der Waals surface area contributed by atoms with Crippen LogP contribution in [0.4, 0.5) is 17.2 Å². The van der Waals surface area contributed by atoms with Crippen LogP contribution in [0.2, 0.25) is 0 Å². The van der Waals surface area contributed by atoms with Gasteiger partial charge in [-0.3, -0.25) is 4.79 Å². The summed E-state index contributed by atoms with van der Waals surface area (Å²) in [5.74, 6) is 1.92. The molecule has 2 saturated heterocycles. The predicted molar refractivity (Wildman–Crippen MR) is 136 cm³/mol. The number of benzene rings is 1. The summed E-state index contributed by atoms with van der Waals surface area (Å²) in [5, 5.41) is 10.7. The first kappa shape index (κ1) is 21.9. The Labute approximate surface area is 202 Å². The van der Waals surface area contributed by atoms with Crippen molar-refractivity contribution in [2.45, 2.75) is 57.8 Å². The van der Waals surface area contributed by atoms with E-state index >= 15 is 0 Å². The van der Waals surface area contributed by atoms with E-state index in [-0.39, 0.29) is 23.9 Å². The Balaban J connectivity index is 1.38. The quantitative estimate of drug-likeness (QED) is 0.593. The molecule has 1 aromatic heterocycles. The van der Waals surface area contributed by atoms with E-state index in [2.05, 4.69) is 69.9 Å². The van der Waals surface area contributed by atoms with Crippen molar-refractivity contribution in [3.63, 3.8) is 0 Å². The third kappa shape index (κ3) is 4.05. The molecule has 1 amide bonds. The van der Waals surface area contributed by atoms with Crippen molar-refractivity contribution < 1.29 is 4.79 Å². The Morgan fingerprint density at radius 1 is 1.15 bits per heavy atom. The Hall–Kier alpha value is -2.64. The lowest BCUT2D eigenvalue weighted by Crippen LogP contribution is -2.51. The molecule has 0 radical (unpaired) electrons. The second kappa shape index (κ2) is 8.54. The summed E-state index contributed by atoms with van der Waals surface area (Å²) < 4.78 is 0. The fourth-order valence-electron chi connectivity index (χ4n) is 6.07. The van der Waals surface area contributed by atoms with Crippen LogP contribution in [-0.4, -0.2) is 49.2 Å². The molecule has 4 heterocycles. The maximum absolute atomic E-state index is 12.9. The van der Waals surface area contributed by atoms with Gasteiger partial charge in [-0.1, -0.05) is 13.0 Å². The summed E-state index contributed by atoms with van der Waals surface area (Å²) in [6.45, 7) is 10.3. The number of hydrogen-bond donors (Lipinski definition) is 3. The normalized spacial score (nSPS) is 30.6. The van der Waals surface area contributed by atoms with Crippen molar-refractivity contribution in [2.24, 2.45) is 11.8 Å². The number of hydrogen-bond acceptors (Lipinski definition) is 6. The van der Waals surface area contributed by atoms with Crippen LogP contribution in [0.25, 0.3) is 0 Å². The van der Waals surface area contributed by atoms with E-state index in [1.54, 1.807) is 6.92 Å². The van der Waals surface area contributed by atoms with E-state index in [0.717, 1.165) is 37.7 Å². The second-order valence-electron chi connectivity index (χ2n) is 10.7. The molecule has 0 spiro atoms. The Kier molecular flexibility index (Phi) is 5.49. The van der Waals surface area contributed by atoms with Crippen LogP contribution in [0.3, 0.4) is 0 Å². The Morgan fingerprint density at radius 2 is 1.97 bits per heavy atom. The molecule has 1 aliphatic carbocycles. The minimum Gasteiger partial charge on any atom is -0.369 e. The minimum atomic E-state index is 0.105. The number of pyridine rings is 1. The van der Waals surface area contributed by atoms with Crippen LogP contribution >= 0.6 is 0 Å². The summed E-state index contributed by atoms with van der Waals surface area (Å²) in [5.41, 5.74) is 4.75. The summed E-state index contributed by atoms with van der Waals surface area (Å²) >= 11 is 0. The number of nitrogens with zero attached hydrogens (tertiary/aromatic N) is 3. The van der Waals surface area contributed by atoms with Gasteiger partial charge in [0, 0.05) is 80.3 Å². The zero-order valence-corrected chi connectivity index (χ0v) is 20.4. The van der Waals surface area contributed by atoms with Gasteiger partial charge >= 0.3 is 0 Å². The number of carbonyl (C=O) groups excluding carboxylic acids is 1. The number of aromatic nitrogens is 1. The highest BCUT2D eigenvalue weighted by molar-refractivity contribution is 5.94. The average Bonchev–Trinajstić information content (AvgIpc) is 3.74. The number of nitrogens with one attached hydrogen (secondary N) is 3. The van der Waals surface area contributed by atoms with E-state index in [1.165, 1.54) is 29.7 Å². The Bertz CT molecular complexity index is 1060. The molecule has 3 N–H and O–H groups in total. The van der Waals surface area contributed by atoms with Gasteiger partial charge in [-0.15, -0.1) is 0 Å². The average molecular weight is 461 g/mol. The van der Waals surface area contributed by atoms with Crippen molar-refractivity contribution in [2.75, 3.05) is 41.3 Å². The molecule has 0 bridgehead atoms. The van der Waals surface area contributed by atoms with E-state index in [0.29, 0.717) is 18.0 Å². The summed E-state index contributed by atoms with van der Waals surface area (Å²) in [4.78, 5) is 22.2. The van der Waals surface area contributed by atoms with E-state index in [1.807, 2.05) is 6.20 Å². The van der Waals surface area contributed by atoms with Crippen molar-refractivity contribution in [3.8, 4) is 0 Å². The van der Waals surface area contributed by atoms with Gasteiger partial charge in [-0.2, -0.15) is 0 Å². The van der Waals surface area contributed by atoms with Crippen LogP contribution < -0.4 is 25.8 Å². The summed E-state index contributed by atoms with van der Waals surface area (Å²) in [6.07, 6.45) is 4.40. The van der Waals surface area contributed by atoms with Gasteiger partial charge in [0.15, 0.2) is 0 Å².